The minimum atomic E-state index is -2.98. The molecule has 1 aliphatic rings. The van der Waals surface area contributed by atoms with Gasteiger partial charge in [-0.2, -0.15) is 5.10 Å². The summed E-state index contributed by atoms with van der Waals surface area (Å²) in [6, 6.07) is -0.205. The van der Waals surface area contributed by atoms with Gasteiger partial charge in [-0.25, -0.2) is 13.1 Å². The van der Waals surface area contributed by atoms with Crippen molar-refractivity contribution in [3.63, 3.8) is 0 Å². The molecule has 2 heterocycles. The van der Waals surface area contributed by atoms with E-state index in [9.17, 15) is 13.5 Å². The van der Waals surface area contributed by atoms with Gasteiger partial charge < -0.3 is 5.11 Å². The average Bonchev–Trinajstić information content (AvgIpc) is 2.79. The number of aliphatic hydroxyl groups is 1. The molecule has 0 amide bonds. The van der Waals surface area contributed by atoms with E-state index in [1.807, 2.05) is 0 Å². The molecule has 0 radical (unpaired) electrons. The average molecular weight is 307 g/mol. The summed E-state index contributed by atoms with van der Waals surface area (Å²) < 4.78 is 24.6. The molecule has 5 nitrogen and oxygen atoms in total. The Morgan fingerprint density at radius 1 is 1.53 bits per heavy atom. The molecule has 19 heavy (non-hydrogen) atoms. The van der Waals surface area contributed by atoms with Crippen molar-refractivity contribution < 1.29 is 13.5 Å². The fourth-order valence-corrected chi connectivity index (χ4v) is 4.45. The van der Waals surface area contributed by atoms with Crippen LogP contribution in [0.25, 0.3) is 0 Å². The molecule has 1 aliphatic heterocycles. The third-order valence-corrected chi connectivity index (χ3v) is 5.49. The molecule has 2 rings (SSSR count). The number of aromatic nitrogens is 2. The van der Waals surface area contributed by atoms with Crippen molar-refractivity contribution in [1.82, 2.24) is 9.78 Å². The first-order chi connectivity index (χ1) is 8.84. The first-order valence-electron chi connectivity index (χ1n) is 6.41. The van der Waals surface area contributed by atoms with Crippen molar-refractivity contribution in [2.45, 2.75) is 39.3 Å². The Hall–Kier alpha value is -0.590. The Labute approximate surface area is 118 Å². The second kappa shape index (κ2) is 5.42. The number of rotatable bonds is 4. The number of halogens is 1. The molecule has 0 aliphatic carbocycles. The van der Waals surface area contributed by atoms with Gasteiger partial charge in [0.2, 0.25) is 0 Å². The largest absolute Gasteiger partial charge is 0.391 e. The van der Waals surface area contributed by atoms with Gasteiger partial charge in [-0.05, 0) is 18.8 Å². The summed E-state index contributed by atoms with van der Waals surface area (Å²) in [5, 5.41) is 14.2. The van der Waals surface area contributed by atoms with Gasteiger partial charge in [-0.15, -0.1) is 0 Å². The Bertz CT molecular complexity index is 566. The smallest absolute Gasteiger partial charge is 0.152 e. The zero-order valence-electron chi connectivity index (χ0n) is 11.1. The van der Waals surface area contributed by atoms with Crippen LogP contribution in [0, 0.1) is 5.92 Å². The minimum Gasteiger partial charge on any atom is -0.391 e. The van der Waals surface area contributed by atoms with Crippen LogP contribution in [0.1, 0.15) is 37.6 Å². The topological polar surface area (TPSA) is 72.2 Å². The monoisotopic (exact) mass is 306 g/mol. The van der Waals surface area contributed by atoms with Crippen LogP contribution < -0.4 is 0 Å². The highest BCUT2D eigenvalue weighted by atomic mass is 35.5. The highest BCUT2D eigenvalue weighted by Gasteiger charge is 2.32. The number of hydrogen-bond donors (Lipinski definition) is 1. The van der Waals surface area contributed by atoms with Crippen molar-refractivity contribution >= 4 is 21.4 Å². The number of sulfone groups is 1. The van der Waals surface area contributed by atoms with Gasteiger partial charge in [0.15, 0.2) is 9.84 Å². The SMILES string of the molecule is CC(C)Cc1nn(C2CCS(=O)(=O)C2)c(Cl)c1CO. The molecule has 0 bridgehead atoms. The van der Waals surface area contributed by atoms with Gasteiger partial charge in [0.25, 0.3) is 0 Å². The second-order valence-electron chi connectivity index (χ2n) is 5.47. The van der Waals surface area contributed by atoms with Crippen molar-refractivity contribution in [3.05, 3.63) is 16.4 Å². The van der Waals surface area contributed by atoms with Crippen molar-refractivity contribution in [1.29, 1.82) is 0 Å². The molecular formula is C12H19ClN2O3S. The van der Waals surface area contributed by atoms with Crippen LogP contribution in [0.15, 0.2) is 0 Å². The summed E-state index contributed by atoms with van der Waals surface area (Å²) in [4.78, 5) is 0. The summed E-state index contributed by atoms with van der Waals surface area (Å²) >= 11 is 6.23. The highest BCUT2D eigenvalue weighted by molar-refractivity contribution is 7.91. The fourth-order valence-electron chi connectivity index (χ4n) is 2.41. The van der Waals surface area contributed by atoms with Gasteiger partial charge in [0.1, 0.15) is 5.15 Å². The van der Waals surface area contributed by atoms with Crippen LogP contribution in [0.2, 0.25) is 5.15 Å². The van der Waals surface area contributed by atoms with Crippen LogP contribution >= 0.6 is 11.6 Å². The molecule has 0 saturated carbocycles. The second-order valence-corrected chi connectivity index (χ2v) is 8.06. The Balaban J connectivity index is 2.34. The zero-order valence-corrected chi connectivity index (χ0v) is 12.7. The van der Waals surface area contributed by atoms with Gasteiger partial charge in [-0.1, -0.05) is 25.4 Å². The minimum absolute atomic E-state index is 0.0837. The molecule has 1 fully saturated rings. The van der Waals surface area contributed by atoms with Crippen LogP contribution in [-0.4, -0.2) is 34.8 Å². The van der Waals surface area contributed by atoms with Gasteiger partial charge in [0.05, 0.1) is 29.8 Å². The maximum absolute atomic E-state index is 11.5. The summed E-state index contributed by atoms with van der Waals surface area (Å²) in [6.45, 7) is 3.96. The third-order valence-electron chi connectivity index (χ3n) is 3.34. The molecule has 1 aromatic rings. The molecule has 0 aromatic carbocycles. The van der Waals surface area contributed by atoms with Gasteiger partial charge >= 0.3 is 0 Å². The Kier molecular flexibility index (Phi) is 4.23. The molecule has 0 spiro atoms. The standard InChI is InChI=1S/C12H19ClN2O3S/c1-8(2)5-11-10(6-16)12(13)15(14-11)9-3-4-19(17,18)7-9/h8-9,16H,3-7H2,1-2H3. The van der Waals surface area contributed by atoms with E-state index in [0.29, 0.717) is 23.1 Å². The van der Waals surface area contributed by atoms with Crippen LogP contribution in [0.4, 0.5) is 0 Å². The molecule has 108 valence electrons. The lowest BCUT2D eigenvalue weighted by Crippen LogP contribution is -2.13. The van der Waals surface area contributed by atoms with Gasteiger partial charge in [0, 0.05) is 5.56 Å². The van der Waals surface area contributed by atoms with Crippen LogP contribution in [0.3, 0.4) is 0 Å². The summed E-state index contributed by atoms with van der Waals surface area (Å²) in [5.41, 5.74) is 1.39. The highest BCUT2D eigenvalue weighted by Crippen LogP contribution is 2.30. The Morgan fingerprint density at radius 2 is 2.21 bits per heavy atom. The fraction of sp³-hybridized carbons (Fsp3) is 0.750. The van der Waals surface area contributed by atoms with Crippen LogP contribution in [0.5, 0.6) is 0 Å². The molecular weight excluding hydrogens is 288 g/mol. The molecule has 1 N–H and O–H groups in total. The lowest BCUT2D eigenvalue weighted by atomic mass is 10.1. The molecule has 1 atom stereocenters. The van der Waals surface area contributed by atoms with E-state index >= 15 is 0 Å². The zero-order chi connectivity index (χ0) is 14.2. The summed E-state index contributed by atoms with van der Waals surface area (Å²) in [5.74, 6) is 0.666. The van der Waals surface area contributed by atoms with Crippen molar-refractivity contribution in [2.75, 3.05) is 11.5 Å². The van der Waals surface area contributed by atoms with Crippen molar-refractivity contribution in [3.8, 4) is 0 Å². The predicted molar refractivity (Wildman–Crippen MR) is 74.0 cm³/mol. The lowest BCUT2D eigenvalue weighted by molar-refractivity contribution is 0.280. The molecule has 1 aromatic heterocycles. The molecule has 1 saturated heterocycles. The van der Waals surface area contributed by atoms with Crippen molar-refractivity contribution in [2.24, 2.45) is 5.92 Å². The third kappa shape index (κ3) is 3.12. The van der Waals surface area contributed by atoms with E-state index in [2.05, 4.69) is 18.9 Å². The Morgan fingerprint density at radius 3 is 2.68 bits per heavy atom. The normalized spacial score (nSPS) is 22.3. The van der Waals surface area contributed by atoms with E-state index in [1.165, 1.54) is 0 Å². The maximum Gasteiger partial charge on any atom is 0.152 e. The number of aliphatic hydroxyl groups excluding tert-OH is 1. The summed E-state index contributed by atoms with van der Waals surface area (Å²) in [6.07, 6.45) is 1.26. The number of hydrogen-bond acceptors (Lipinski definition) is 4. The maximum atomic E-state index is 11.5. The quantitative estimate of drug-likeness (QED) is 0.917. The van der Waals surface area contributed by atoms with E-state index in [4.69, 9.17) is 11.6 Å². The van der Waals surface area contributed by atoms with E-state index in [-0.39, 0.29) is 24.2 Å². The first-order valence-corrected chi connectivity index (χ1v) is 8.61. The lowest BCUT2D eigenvalue weighted by Gasteiger charge is -2.09. The predicted octanol–water partition coefficient (Wildman–Crippen LogP) is 1.59. The molecule has 7 heteroatoms. The van der Waals surface area contributed by atoms with E-state index in [1.54, 1.807) is 4.68 Å². The van der Waals surface area contributed by atoms with E-state index < -0.39 is 9.84 Å². The molecule has 1 unspecified atom stereocenters. The summed E-state index contributed by atoms with van der Waals surface area (Å²) in [7, 11) is -2.98. The van der Waals surface area contributed by atoms with Gasteiger partial charge in [-0.3, -0.25) is 0 Å². The number of nitrogens with zero attached hydrogens (tertiary/aromatic N) is 2. The first kappa shape index (κ1) is 14.8. The van der Waals surface area contributed by atoms with E-state index in [0.717, 1.165) is 12.1 Å². The van der Waals surface area contributed by atoms with Crippen LogP contribution in [-0.2, 0) is 22.9 Å².